The van der Waals surface area contributed by atoms with Crippen molar-refractivity contribution in [2.75, 3.05) is 13.1 Å². The molecule has 1 heterocycles. The van der Waals surface area contributed by atoms with Crippen LogP contribution in [0.4, 0.5) is 0 Å². The number of rotatable bonds is 6. The third-order valence-corrected chi connectivity index (χ3v) is 5.15. The molecule has 0 aliphatic rings. The minimum Gasteiger partial charge on any atom is -0.343 e. The normalized spacial score (nSPS) is 10.8. The first-order valence-electron chi connectivity index (χ1n) is 8.98. The molecule has 156 valence electrons. The lowest BCUT2D eigenvalue weighted by atomic mass is 10.2. The number of H-pyrrole nitrogens is 1. The number of aromatic nitrogens is 2. The number of halogens is 3. The minimum absolute atomic E-state index is 0.0740. The average molecular weight is 468 g/mol. The molecule has 2 aromatic carbocycles. The quantitative estimate of drug-likeness (QED) is 0.578. The number of nitrogens with one attached hydrogen (secondary N) is 2. The Bertz CT molecular complexity index is 1180. The molecule has 7 nitrogen and oxygen atoms in total. The van der Waals surface area contributed by atoms with Crippen LogP contribution in [0.2, 0.25) is 15.1 Å². The summed E-state index contributed by atoms with van der Waals surface area (Å²) >= 11 is 17.8. The van der Waals surface area contributed by atoms with Crippen LogP contribution in [0.25, 0.3) is 10.9 Å². The SMILES string of the molecule is CCN(Cc1nc2cc(Cl)ccc2c(=O)[nH]1)C(=O)CNC(=O)c1ccc(Cl)cc1Cl. The molecule has 0 atom stereocenters. The van der Waals surface area contributed by atoms with Gasteiger partial charge in [0.05, 0.1) is 34.6 Å². The third kappa shape index (κ3) is 5.11. The van der Waals surface area contributed by atoms with E-state index < -0.39 is 5.91 Å². The van der Waals surface area contributed by atoms with Gasteiger partial charge in [-0.2, -0.15) is 0 Å². The fourth-order valence-corrected chi connectivity index (χ4v) is 3.49. The van der Waals surface area contributed by atoms with Crippen LogP contribution >= 0.6 is 34.8 Å². The molecule has 0 radical (unpaired) electrons. The van der Waals surface area contributed by atoms with Gasteiger partial charge in [0.15, 0.2) is 0 Å². The second-order valence-corrected chi connectivity index (χ2v) is 7.67. The van der Waals surface area contributed by atoms with Gasteiger partial charge in [0.2, 0.25) is 5.91 Å². The number of fused-ring (bicyclic) bond motifs is 1. The molecule has 0 aliphatic carbocycles. The summed E-state index contributed by atoms with van der Waals surface area (Å²) in [5.41, 5.74) is 0.339. The maximum Gasteiger partial charge on any atom is 0.258 e. The number of hydrogen-bond donors (Lipinski definition) is 2. The molecule has 3 aromatic rings. The van der Waals surface area contributed by atoms with Crippen LogP contribution < -0.4 is 10.9 Å². The van der Waals surface area contributed by atoms with E-state index in [2.05, 4.69) is 15.3 Å². The molecule has 1 aromatic heterocycles. The molecular weight excluding hydrogens is 451 g/mol. The molecule has 0 unspecified atom stereocenters. The first-order chi connectivity index (χ1) is 14.3. The second-order valence-electron chi connectivity index (χ2n) is 6.39. The van der Waals surface area contributed by atoms with Gasteiger partial charge in [-0.3, -0.25) is 14.4 Å². The number of carbonyl (C=O) groups excluding carboxylic acids is 2. The Morgan fingerprint density at radius 1 is 1.10 bits per heavy atom. The molecule has 2 amide bonds. The Hall–Kier alpha value is -2.61. The van der Waals surface area contributed by atoms with Crippen molar-refractivity contribution in [1.82, 2.24) is 20.2 Å². The van der Waals surface area contributed by atoms with Gasteiger partial charge in [-0.05, 0) is 43.3 Å². The summed E-state index contributed by atoms with van der Waals surface area (Å²) in [5, 5.41) is 4.00. The predicted molar refractivity (Wildman–Crippen MR) is 117 cm³/mol. The molecule has 3 rings (SSSR count). The molecule has 10 heteroatoms. The Balaban J connectivity index is 1.70. The van der Waals surface area contributed by atoms with Gasteiger partial charge in [0, 0.05) is 16.6 Å². The van der Waals surface area contributed by atoms with Crippen LogP contribution in [0.1, 0.15) is 23.1 Å². The van der Waals surface area contributed by atoms with E-state index in [9.17, 15) is 14.4 Å². The lowest BCUT2D eigenvalue weighted by Gasteiger charge is -2.20. The number of benzene rings is 2. The van der Waals surface area contributed by atoms with Crippen LogP contribution in [-0.2, 0) is 11.3 Å². The molecule has 0 spiro atoms. The van der Waals surface area contributed by atoms with Crippen molar-refractivity contribution < 1.29 is 9.59 Å². The highest BCUT2D eigenvalue weighted by molar-refractivity contribution is 6.36. The highest BCUT2D eigenvalue weighted by atomic mass is 35.5. The highest BCUT2D eigenvalue weighted by Gasteiger charge is 2.17. The summed E-state index contributed by atoms with van der Waals surface area (Å²) < 4.78 is 0. The fourth-order valence-electron chi connectivity index (χ4n) is 2.83. The molecule has 0 aliphatic heterocycles. The van der Waals surface area contributed by atoms with Crippen molar-refractivity contribution in [1.29, 1.82) is 0 Å². The summed E-state index contributed by atoms with van der Waals surface area (Å²) in [5.74, 6) is -0.519. The van der Waals surface area contributed by atoms with Crippen molar-refractivity contribution in [2.45, 2.75) is 13.5 Å². The van der Waals surface area contributed by atoms with Crippen LogP contribution in [0.15, 0.2) is 41.2 Å². The van der Waals surface area contributed by atoms with Crippen molar-refractivity contribution in [3.8, 4) is 0 Å². The van der Waals surface area contributed by atoms with Crippen molar-refractivity contribution in [3.05, 3.63) is 73.2 Å². The van der Waals surface area contributed by atoms with Gasteiger partial charge in [-0.1, -0.05) is 34.8 Å². The topological polar surface area (TPSA) is 95.2 Å². The van der Waals surface area contributed by atoms with Gasteiger partial charge >= 0.3 is 0 Å². The number of amides is 2. The molecule has 0 saturated carbocycles. The first kappa shape index (κ1) is 22.1. The minimum atomic E-state index is -0.493. The Morgan fingerprint density at radius 3 is 2.50 bits per heavy atom. The van der Waals surface area contributed by atoms with Crippen molar-refractivity contribution in [2.24, 2.45) is 0 Å². The van der Waals surface area contributed by atoms with E-state index in [0.29, 0.717) is 33.3 Å². The van der Waals surface area contributed by atoms with Crippen molar-refractivity contribution in [3.63, 3.8) is 0 Å². The summed E-state index contributed by atoms with van der Waals surface area (Å²) in [6.07, 6.45) is 0. The van der Waals surface area contributed by atoms with Crippen molar-refractivity contribution >= 4 is 57.5 Å². The van der Waals surface area contributed by atoms with E-state index >= 15 is 0 Å². The summed E-state index contributed by atoms with van der Waals surface area (Å²) in [4.78, 5) is 45.6. The van der Waals surface area contributed by atoms with Gasteiger partial charge in [-0.15, -0.1) is 0 Å². The Morgan fingerprint density at radius 2 is 1.80 bits per heavy atom. The monoisotopic (exact) mass is 466 g/mol. The summed E-state index contributed by atoms with van der Waals surface area (Å²) in [7, 11) is 0. The Labute approximate surface area is 187 Å². The molecular formula is C20H17Cl3N4O3. The number of likely N-dealkylation sites (N-methyl/N-ethyl adjacent to an activating group) is 1. The molecule has 0 fully saturated rings. The highest BCUT2D eigenvalue weighted by Crippen LogP contribution is 2.20. The number of hydrogen-bond acceptors (Lipinski definition) is 4. The zero-order chi connectivity index (χ0) is 21.8. The van der Waals surface area contributed by atoms with E-state index in [-0.39, 0.29) is 35.1 Å². The van der Waals surface area contributed by atoms with E-state index in [1.54, 1.807) is 25.1 Å². The van der Waals surface area contributed by atoms with Gasteiger partial charge in [0.1, 0.15) is 5.82 Å². The second kappa shape index (κ2) is 9.47. The predicted octanol–water partition coefficient (Wildman–Crippen LogP) is 3.66. The van der Waals surface area contributed by atoms with Crippen LogP contribution in [0.5, 0.6) is 0 Å². The first-order valence-corrected chi connectivity index (χ1v) is 10.1. The van der Waals surface area contributed by atoms with Gasteiger partial charge < -0.3 is 15.2 Å². The smallest absolute Gasteiger partial charge is 0.258 e. The Kier molecular flexibility index (Phi) is 6.97. The average Bonchev–Trinajstić information content (AvgIpc) is 2.69. The van der Waals surface area contributed by atoms with Gasteiger partial charge in [0.25, 0.3) is 11.5 Å². The molecule has 0 bridgehead atoms. The zero-order valence-electron chi connectivity index (χ0n) is 15.8. The standard InChI is InChI=1S/C20H17Cl3N4O3/c1-2-27(10-17-25-16-8-12(22)4-6-14(16)20(30)26-17)18(28)9-24-19(29)13-5-3-11(21)7-15(13)23/h3-8H,2,9-10H2,1H3,(H,24,29)(H,25,26,30). The molecule has 0 saturated heterocycles. The van der Waals surface area contributed by atoms with E-state index in [4.69, 9.17) is 34.8 Å². The van der Waals surface area contributed by atoms with E-state index in [0.717, 1.165) is 0 Å². The zero-order valence-corrected chi connectivity index (χ0v) is 18.1. The molecule has 2 N–H and O–H groups in total. The summed E-state index contributed by atoms with van der Waals surface area (Å²) in [6, 6.07) is 9.26. The molecule has 30 heavy (non-hydrogen) atoms. The maximum atomic E-state index is 12.6. The van der Waals surface area contributed by atoms with Gasteiger partial charge in [-0.25, -0.2) is 4.98 Å². The van der Waals surface area contributed by atoms with Crippen LogP contribution in [-0.4, -0.2) is 39.8 Å². The largest absolute Gasteiger partial charge is 0.343 e. The lowest BCUT2D eigenvalue weighted by molar-refractivity contribution is -0.130. The fraction of sp³-hybridized carbons (Fsp3) is 0.200. The lowest BCUT2D eigenvalue weighted by Crippen LogP contribution is -2.40. The van der Waals surface area contributed by atoms with Crippen LogP contribution in [0, 0.1) is 0 Å². The number of carbonyl (C=O) groups is 2. The maximum absolute atomic E-state index is 12.6. The number of aromatic amines is 1. The van der Waals surface area contributed by atoms with E-state index in [1.807, 2.05) is 0 Å². The van der Waals surface area contributed by atoms with Crippen LogP contribution in [0.3, 0.4) is 0 Å². The number of nitrogens with zero attached hydrogens (tertiary/aromatic N) is 2. The third-order valence-electron chi connectivity index (χ3n) is 4.37. The summed E-state index contributed by atoms with van der Waals surface area (Å²) in [6.45, 7) is 1.97. The van der Waals surface area contributed by atoms with E-state index in [1.165, 1.54) is 23.1 Å².